The average Bonchev–Trinajstić information content (AvgIpc) is 3.21. The van der Waals surface area contributed by atoms with E-state index in [1.54, 1.807) is 30.5 Å². The molecule has 158 valence electrons. The Labute approximate surface area is 180 Å². The van der Waals surface area contributed by atoms with E-state index in [1.807, 2.05) is 37.4 Å². The van der Waals surface area contributed by atoms with Crippen molar-refractivity contribution in [3.63, 3.8) is 0 Å². The molecule has 0 saturated carbocycles. The van der Waals surface area contributed by atoms with Crippen LogP contribution >= 0.6 is 0 Å². The molecule has 4 rings (SSSR count). The molecule has 0 radical (unpaired) electrons. The first-order valence-electron chi connectivity index (χ1n) is 10.3. The van der Waals surface area contributed by atoms with Gasteiger partial charge in [-0.2, -0.15) is 0 Å². The zero-order valence-electron chi connectivity index (χ0n) is 17.3. The Morgan fingerprint density at radius 2 is 1.90 bits per heavy atom. The Kier molecular flexibility index (Phi) is 6.26. The number of hydrogen-bond donors (Lipinski definition) is 2. The highest BCUT2D eigenvalue weighted by Crippen LogP contribution is 2.20. The lowest BCUT2D eigenvalue weighted by molar-refractivity contribution is -0.121. The number of ether oxygens (including phenoxy) is 1. The number of halogens is 1. The molecular weight excluding hydrogens is 393 g/mol. The normalized spacial score (nSPS) is 11.9. The molecule has 5 nitrogen and oxygen atoms in total. The van der Waals surface area contributed by atoms with Crippen molar-refractivity contribution in [1.82, 2.24) is 15.3 Å². The van der Waals surface area contributed by atoms with Crippen LogP contribution in [-0.4, -0.2) is 15.9 Å². The van der Waals surface area contributed by atoms with Crippen molar-refractivity contribution in [3.05, 3.63) is 95.6 Å². The van der Waals surface area contributed by atoms with Crippen LogP contribution in [0, 0.1) is 5.82 Å². The number of pyridine rings is 1. The van der Waals surface area contributed by atoms with Gasteiger partial charge in [0.1, 0.15) is 12.4 Å². The van der Waals surface area contributed by atoms with E-state index in [4.69, 9.17) is 4.74 Å². The number of hydrogen-bond acceptors (Lipinski definition) is 3. The van der Waals surface area contributed by atoms with Crippen LogP contribution < -0.4 is 10.1 Å². The molecule has 2 heterocycles. The Bertz CT molecular complexity index is 1170. The van der Waals surface area contributed by atoms with Crippen LogP contribution in [0.2, 0.25) is 0 Å². The summed E-state index contributed by atoms with van der Waals surface area (Å²) in [5, 5.41) is 4.16. The molecule has 0 spiro atoms. The quantitative estimate of drug-likeness (QED) is 0.420. The van der Waals surface area contributed by atoms with Crippen LogP contribution in [0.15, 0.2) is 73.1 Å². The number of carbonyl (C=O) groups is 1. The summed E-state index contributed by atoms with van der Waals surface area (Å²) in [7, 11) is 0. The molecule has 1 atom stereocenters. The second-order valence-electron chi connectivity index (χ2n) is 7.46. The predicted molar refractivity (Wildman–Crippen MR) is 118 cm³/mol. The van der Waals surface area contributed by atoms with E-state index in [1.165, 1.54) is 6.07 Å². The molecular formula is C25H24FN3O2. The number of aromatic nitrogens is 2. The minimum atomic E-state index is -0.303. The molecule has 0 bridgehead atoms. The second kappa shape index (κ2) is 9.43. The topological polar surface area (TPSA) is 67.0 Å². The first-order chi connectivity index (χ1) is 15.1. The van der Waals surface area contributed by atoms with Crippen molar-refractivity contribution in [2.24, 2.45) is 0 Å². The van der Waals surface area contributed by atoms with Crippen molar-refractivity contribution in [2.45, 2.75) is 32.4 Å². The van der Waals surface area contributed by atoms with Crippen LogP contribution in [0.3, 0.4) is 0 Å². The molecule has 0 saturated heterocycles. The summed E-state index contributed by atoms with van der Waals surface area (Å²) in [4.78, 5) is 19.9. The molecule has 2 N–H and O–H groups in total. The van der Waals surface area contributed by atoms with Gasteiger partial charge in [-0.15, -0.1) is 0 Å². The van der Waals surface area contributed by atoms with E-state index in [0.29, 0.717) is 24.3 Å². The predicted octanol–water partition coefficient (Wildman–Crippen LogP) is 5.09. The van der Waals surface area contributed by atoms with Gasteiger partial charge in [0.25, 0.3) is 0 Å². The smallest absolute Gasteiger partial charge is 0.220 e. The highest BCUT2D eigenvalue weighted by molar-refractivity contribution is 5.84. The number of nitrogens with zero attached hydrogens (tertiary/aromatic N) is 1. The van der Waals surface area contributed by atoms with Crippen LogP contribution in [0.25, 0.3) is 10.9 Å². The van der Waals surface area contributed by atoms with Gasteiger partial charge in [0.15, 0.2) is 0 Å². The summed E-state index contributed by atoms with van der Waals surface area (Å²) in [6.07, 6.45) is 4.71. The van der Waals surface area contributed by atoms with Crippen molar-refractivity contribution < 1.29 is 13.9 Å². The van der Waals surface area contributed by atoms with Crippen LogP contribution in [0.5, 0.6) is 5.88 Å². The standard InChI is InChI=1S/C25H24FN3O2/c1-17(29-24(30)12-10-19-15-27-23-9-5-3-7-21(19)23)18-11-13-25(28-14-18)31-16-20-6-2-4-8-22(20)26/h2-9,11,13-15,17,27H,10,12,16H2,1H3,(H,29,30)/t17-/m1/s1. The molecule has 2 aromatic carbocycles. The SMILES string of the molecule is C[C@@H](NC(=O)CCc1c[nH]c2ccccc12)c1ccc(OCc2ccccc2F)nc1. The summed E-state index contributed by atoms with van der Waals surface area (Å²) < 4.78 is 19.2. The van der Waals surface area contributed by atoms with Gasteiger partial charge in [-0.05, 0) is 36.6 Å². The lowest BCUT2D eigenvalue weighted by Gasteiger charge is -2.14. The van der Waals surface area contributed by atoms with E-state index in [-0.39, 0.29) is 24.4 Å². The number of nitrogens with one attached hydrogen (secondary N) is 2. The van der Waals surface area contributed by atoms with Crippen molar-refractivity contribution >= 4 is 16.8 Å². The highest BCUT2D eigenvalue weighted by atomic mass is 19.1. The molecule has 6 heteroatoms. The Morgan fingerprint density at radius 3 is 2.71 bits per heavy atom. The van der Waals surface area contributed by atoms with Gasteiger partial charge in [-0.25, -0.2) is 9.37 Å². The fourth-order valence-electron chi connectivity index (χ4n) is 3.48. The first-order valence-corrected chi connectivity index (χ1v) is 10.3. The molecule has 0 unspecified atom stereocenters. The monoisotopic (exact) mass is 417 g/mol. The van der Waals surface area contributed by atoms with Crippen LogP contribution in [0.1, 0.15) is 36.1 Å². The van der Waals surface area contributed by atoms with E-state index in [2.05, 4.69) is 21.4 Å². The summed E-state index contributed by atoms with van der Waals surface area (Å²) >= 11 is 0. The average molecular weight is 417 g/mol. The number of fused-ring (bicyclic) bond motifs is 1. The molecule has 2 aromatic heterocycles. The van der Waals surface area contributed by atoms with E-state index < -0.39 is 0 Å². The van der Waals surface area contributed by atoms with Crippen LogP contribution in [0.4, 0.5) is 4.39 Å². The number of amides is 1. The summed E-state index contributed by atoms with van der Waals surface area (Å²) in [6.45, 7) is 2.03. The Morgan fingerprint density at radius 1 is 1.10 bits per heavy atom. The number of aryl methyl sites for hydroxylation is 1. The molecule has 4 aromatic rings. The minimum absolute atomic E-state index is 0.0161. The maximum absolute atomic E-state index is 13.7. The van der Waals surface area contributed by atoms with Gasteiger partial charge in [-0.3, -0.25) is 4.79 Å². The number of para-hydroxylation sites is 1. The van der Waals surface area contributed by atoms with Gasteiger partial charge in [0.2, 0.25) is 11.8 Å². The molecule has 31 heavy (non-hydrogen) atoms. The van der Waals surface area contributed by atoms with Crippen molar-refractivity contribution in [2.75, 3.05) is 0 Å². The first kappa shape index (κ1) is 20.6. The van der Waals surface area contributed by atoms with Gasteiger partial charge in [-0.1, -0.05) is 42.5 Å². The van der Waals surface area contributed by atoms with Crippen molar-refractivity contribution in [1.29, 1.82) is 0 Å². The zero-order valence-corrected chi connectivity index (χ0v) is 17.3. The molecule has 0 aliphatic carbocycles. The highest BCUT2D eigenvalue weighted by Gasteiger charge is 2.12. The van der Waals surface area contributed by atoms with Gasteiger partial charge >= 0.3 is 0 Å². The summed E-state index contributed by atoms with van der Waals surface area (Å²) in [5.74, 6) is 0.0885. The van der Waals surface area contributed by atoms with Gasteiger partial charge < -0.3 is 15.0 Å². The van der Waals surface area contributed by atoms with E-state index >= 15 is 0 Å². The van der Waals surface area contributed by atoms with E-state index in [9.17, 15) is 9.18 Å². The third kappa shape index (κ3) is 5.09. The third-order valence-corrected chi connectivity index (χ3v) is 5.27. The van der Waals surface area contributed by atoms with Gasteiger partial charge in [0, 0.05) is 41.3 Å². The molecule has 0 fully saturated rings. The Hall–Kier alpha value is -3.67. The number of aromatic amines is 1. The number of carbonyl (C=O) groups excluding carboxylic acids is 1. The zero-order chi connectivity index (χ0) is 21.6. The fourth-order valence-corrected chi connectivity index (χ4v) is 3.48. The molecule has 0 aliphatic heterocycles. The lowest BCUT2D eigenvalue weighted by atomic mass is 10.1. The van der Waals surface area contributed by atoms with Crippen LogP contribution in [-0.2, 0) is 17.8 Å². The summed E-state index contributed by atoms with van der Waals surface area (Å²) in [5.41, 5.74) is 3.56. The fraction of sp³-hybridized carbons (Fsp3) is 0.200. The van der Waals surface area contributed by atoms with Crippen molar-refractivity contribution in [3.8, 4) is 5.88 Å². The number of benzene rings is 2. The third-order valence-electron chi connectivity index (χ3n) is 5.27. The Balaban J connectivity index is 1.28. The maximum Gasteiger partial charge on any atom is 0.220 e. The second-order valence-corrected chi connectivity index (χ2v) is 7.46. The largest absolute Gasteiger partial charge is 0.473 e. The number of H-pyrrole nitrogens is 1. The maximum atomic E-state index is 13.7. The summed E-state index contributed by atoms with van der Waals surface area (Å²) in [6, 6.07) is 18.0. The molecule has 0 aliphatic rings. The molecule has 1 amide bonds. The lowest BCUT2D eigenvalue weighted by Crippen LogP contribution is -2.26. The van der Waals surface area contributed by atoms with Gasteiger partial charge in [0.05, 0.1) is 6.04 Å². The minimum Gasteiger partial charge on any atom is -0.473 e. The van der Waals surface area contributed by atoms with E-state index in [0.717, 1.165) is 22.0 Å². The number of rotatable bonds is 8.